The maximum atomic E-state index is 12.9. The van der Waals surface area contributed by atoms with Crippen molar-refractivity contribution in [3.05, 3.63) is 34.1 Å². The van der Waals surface area contributed by atoms with Gasteiger partial charge in [-0.05, 0) is 30.5 Å². The summed E-state index contributed by atoms with van der Waals surface area (Å²) in [6.07, 6.45) is 1.03. The Kier molecular flexibility index (Phi) is 4.54. The average molecular weight is 331 g/mol. The molecule has 4 nitrogen and oxygen atoms in total. The van der Waals surface area contributed by atoms with Crippen LogP contribution < -0.4 is 11.1 Å². The molecule has 3 N–H and O–H groups in total. The van der Waals surface area contributed by atoms with E-state index in [1.807, 2.05) is 0 Å². The minimum absolute atomic E-state index is 0.188. The largest absolute Gasteiger partial charge is 0.381 e. The predicted octanol–water partition coefficient (Wildman–Crippen LogP) is 1.71. The number of amides is 1. The van der Waals surface area contributed by atoms with Gasteiger partial charge in [-0.2, -0.15) is 0 Å². The first-order valence-corrected chi connectivity index (χ1v) is 6.89. The number of benzene rings is 1. The molecular formula is C13H16BrFN2O2. The molecule has 0 radical (unpaired) electrons. The number of hydrogen-bond acceptors (Lipinski definition) is 3. The van der Waals surface area contributed by atoms with Gasteiger partial charge in [0, 0.05) is 24.2 Å². The molecule has 1 aliphatic heterocycles. The third kappa shape index (κ3) is 3.52. The van der Waals surface area contributed by atoms with Crippen LogP contribution in [0.25, 0.3) is 0 Å². The van der Waals surface area contributed by atoms with Crippen molar-refractivity contribution in [1.29, 1.82) is 0 Å². The number of nitrogens with one attached hydrogen (secondary N) is 1. The highest BCUT2D eigenvalue weighted by molar-refractivity contribution is 9.10. The van der Waals surface area contributed by atoms with Crippen LogP contribution in [0.5, 0.6) is 0 Å². The molecule has 0 aliphatic carbocycles. The van der Waals surface area contributed by atoms with Gasteiger partial charge >= 0.3 is 0 Å². The van der Waals surface area contributed by atoms with Crippen LogP contribution in [0.3, 0.4) is 0 Å². The Morgan fingerprint density at radius 1 is 1.47 bits per heavy atom. The van der Waals surface area contributed by atoms with E-state index in [1.165, 1.54) is 12.1 Å². The van der Waals surface area contributed by atoms with Crippen molar-refractivity contribution in [3.8, 4) is 0 Å². The maximum absolute atomic E-state index is 12.9. The summed E-state index contributed by atoms with van der Waals surface area (Å²) in [5, 5.41) is 2.80. The topological polar surface area (TPSA) is 64.4 Å². The van der Waals surface area contributed by atoms with E-state index in [1.54, 1.807) is 6.07 Å². The van der Waals surface area contributed by atoms with E-state index in [2.05, 4.69) is 21.2 Å². The van der Waals surface area contributed by atoms with E-state index >= 15 is 0 Å². The smallest absolute Gasteiger partial charge is 0.240 e. The molecule has 19 heavy (non-hydrogen) atoms. The van der Waals surface area contributed by atoms with Gasteiger partial charge in [-0.15, -0.1) is 0 Å². The van der Waals surface area contributed by atoms with E-state index in [0.717, 1.165) is 5.56 Å². The first-order chi connectivity index (χ1) is 9.01. The van der Waals surface area contributed by atoms with Gasteiger partial charge in [-0.25, -0.2) is 4.39 Å². The van der Waals surface area contributed by atoms with Crippen LogP contribution in [0.15, 0.2) is 22.7 Å². The Balaban J connectivity index is 1.96. The molecule has 0 spiro atoms. The lowest BCUT2D eigenvalue weighted by molar-refractivity contribution is -0.129. The lowest BCUT2D eigenvalue weighted by Crippen LogP contribution is -2.56. The molecule has 2 rings (SSSR count). The zero-order valence-corrected chi connectivity index (χ0v) is 12.0. The van der Waals surface area contributed by atoms with Crippen molar-refractivity contribution < 1.29 is 13.9 Å². The van der Waals surface area contributed by atoms with Crippen LogP contribution in [0, 0.1) is 5.82 Å². The Hall–Kier alpha value is -0.980. The first kappa shape index (κ1) is 14.4. The normalized spacial score (nSPS) is 18.1. The number of hydrogen-bond donors (Lipinski definition) is 2. The van der Waals surface area contributed by atoms with Gasteiger partial charge in [0.05, 0.1) is 5.54 Å². The van der Waals surface area contributed by atoms with E-state index < -0.39 is 5.54 Å². The fourth-order valence-electron chi connectivity index (χ4n) is 1.98. The number of halogens is 2. The Labute approximate surface area is 119 Å². The molecule has 1 saturated heterocycles. The summed E-state index contributed by atoms with van der Waals surface area (Å²) in [5.74, 6) is -0.506. The summed E-state index contributed by atoms with van der Waals surface area (Å²) >= 11 is 3.26. The van der Waals surface area contributed by atoms with Gasteiger partial charge < -0.3 is 15.8 Å². The SMILES string of the molecule is NC1(C(=O)NCc2ccc(F)cc2Br)CCOCC1. The van der Waals surface area contributed by atoms with Gasteiger partial charge in [0.1, 0.15) is 5.82 Å². The van der Waals surface area contributed by atoms with E-state index in [-0.39, 0.29) is 11.7 Å². The highest BCUT2D eigenvalue weighted by Crippen LogP contribution is 2.20. The molecule has 0 aromatic heterocycles. The second-order valence-electron chi connectivity index (χ2n) is 4.69. The Morgan fingerprint density at radius 2 is 2.16 bits per heavy atom. The fraction of sp³-hybridized carbons (Fsp3) is 0.462. The second kappa shape index (κ2) is 5.98. The quantitative estimate of drug-likeness (QED) is 0.886. The van der Waals surface area contributed by atoms with Crippen molar-refractivity contribution >= 4 is 21.8 Å². The van der Waals surface area contributed by atoms with Gasteiger partial charge in [0.15, 0.2) is 0 Å². The molecule has 0 bridgehead atoms. The van der Waals surface area contributed by atoms with Gasteiger partial charge in [0.2, 0.25) is 5.91 Å². The van der Waals surface area contributed by atoms with Crippen molar-refractivity contribution in [1.82, 2.24) is 5.32 Å². The van der Waals surface area contributed by atoms with Gasteiger partial charge in [-0.1, -0.05) is 22.0 Å². The van der Waals surface area contributed by atoms with Crippen molar-refractivity contribution in [2.45, 2.75) is 24.9 Å². The van der Waals surface area contributed by atoms with E-state index in [9.17, 15) is 9.18 Å². The number of carbonyl (C=O) groups excluding carboxylic acids is 1. The maximum Gasteiger partial charge on any atom is 0.240 e. The number of nitrogens with two attached hydrogens (primary N) is 1. The molecule has 1 amide bonds. The lowest BCUT2D eigenvalue weighted by Gasteiger charge is -2.31. The predicted molar refractivity (Wildman–Crippen MR) is 72.9 cm³/mol. The zero-order valence-electron chi connectivity index (χ0n) is 10.4. The fourth-order valence-corrected chi connectivity index (χ4v) is 2.47. The molecular weight excluding hydrogens is 315 g/mol. The molecule has 1 aromatic rings. The summed E-state index contributed by atoms with van der Waals surface area (Å²) in [6, 6.07) is 4.36. The third-order valence-corrected chi connectivity index (χ3v) is 4.03. The molecule has 0 saturated carbocycles. The van der Waals surface area contributed by atoms with E-state index in [0.29, 0.717) is 37.1 Å². The zero-order chi connectivity index (χ0) is 13.9. The van der Waals surface area contributed by atoms with Crippen LogP contribution in [0.4, 0.5) is 4.39 Å². The summed E-state index contributed by atoms with van der Waals surface area (Å²) in [7, 11) is 0. The van der Waals surface area contributed by atoms with Gasteiger partial charge in [-0.3, -0.25) is 4.79 Å². The standard InChI is InChI=1S/C13H16BrFN2O2/c14-11-7-10(15)2-1-9(11)8-17-12(18)13(16)3-5-19-6-4-13/h1-2,7H,3-6,8,16H2,(H,17,18). The molecule has 0 atom stereocenters. The van der Waals surface area contributed by atoms with Crippen molar-refractivity contribution in [2.75, 3.05) is 13.2 Å². The summed E-state index contributed by atoms with van der Waals surface area (Å²) < 4.78 is 18.8. The molecule has 1 fully saturated rings. The molecule has 1 aromatic carbocycles. The van der Waals surface area contributed by atoms with Crippen LogP contribution >= 0.6 is 15.9 Å². The molecule has 6 heteroatoms. The average Bonchev–Trinajstić information content (AvgIpc) is 2.38. The Morgan fingerprint density at radius 3 is 2.79 bits per heavy atom. The van der Waals surface area contributed by atoms with Crippen LogP contribution in [0.2, 0.25) is 0 Å². The Bertz CT molecular complexity index is 476. The molecule has 0 unspecified atom stereocenters. The summed E-state index contributed by atoms with van der Waals surface area (Å²) in [5.41, 5.74) is 6.02. The third-order valence-electron chi connectivity index (χ3n) is 3.29. The van der Waals surface area contributed by atoms with Crippen LogP contribution in [0.1, 0.15) is 18.4 Å². The lowest BCUT2D eigenvalue weighted by atomic mass is 9.90. The number of rotatable bonds is 3. The molecule has 1 aliphatic rings. The highest BCUT2D eigenvalue weighted by Gasteiger charge is 2.35. The van der Waals surface area contributed by atoms with Crippen LogP contribution in [-0.2, 0) is 16.1 Å². The van der Waals surface area contributed by atoms with E-state index in [4.69, 9.17) is 10.5 Å². The number of carbonyl (C=O) groups is 1. The summed E-state index contributed by atoms with van der Waals surface area (Å²) in [4.78, 5) is 12.1. The monoisotopic (exact) mass is 330 g/mol. The molecule has 1 heterocycles. The molecule has 104 valence electrons. The van der Waals surface area contributed by atoms with Crippen molar-refractivity contribution in [3.63, 3.8) is 0 Å². The highest BCUT2D eigenvalue weighted by atomic mass is 79.9. The van der Waals surface area contributed by atoms with Crippen molar-refractivity contribution in [2.24, 2.45) is 5.73 Å². The second-order valence-corrected chi connectivity index (χ2v) is 5.54. The first-order valence-electron chi connectivity index (χ1n) is 6.10. The minimum Gasteiger partial charge on any atom is -0.381 e. The number of ether oxygens (including phenoxy) is 1. The summed E-state index contributed by atoms with van der Waals surface area (Å²) in [6.45, 7) is 1.33. The minimum atomic E-state index is -0.856. The van der Waals surface area contributed by atoms with Gasteiger partial charge in [0.25, 0.3) is 0 Å². The van der Waals surface area contributed by atoms with Crippen LogP contribution in [-0.4, -0.2) is 24.7 Å².